The molecule has 0 fully saturated rings. The molecule has 0 aliphatic carbocycles. The van der Waals surface area contributed by atoms with Gasteiger partial charge >= 0.3 is 0 Å². The molecule has 0 spiro atoms. The summed E-state index contributed by atoms with van der Waals surface area (Å²) in [6.07, 6.45) is 0. The van der Waals surface area contributed by atoms with Crippen LogP contribution in [0.1, 0.15) is 52.7 Å². The number of amides is 1. The number of hydrogen-bond donors (Lipinski definition) is 1. The molecule has 0 aliphatic rings. The highest BCUT2D eigenvalue weighted by molar-refractivity contribution is 5.96. The first kappa shape index (κ1) is 16.2. The molecule has 0 radical (unpaired) electrons. The van der Waals surface area contributed by atoms with Crippen LogP contribution in [0.5, 0.6) is 0 Å². The summed E-state index contributed by atoms with van der Waals surface area (Å²) in [5.41, 5.74) is 3.28. The number of hydrogen-bond acceptors (Lipinski definition) is 4. The first-order chi connectivity index (χ1) is 10.5. The Morgan fingerprint density at radius 1 is 1.36 bits per heavy atom. The Balaban J connectivity index is 2.07. The van der Waals surface area contributed by atoms with Crippen LogP contribution < -0.4 is 5.32 Å². The fraction of sp³-hybridized carbons (Fsp3) is 0.412. The SMILES string of the molecule is COCc1cccc(CNC(=O)c2c(C)noc2C(C)C)c1. The molecular formula is C17H22N2O3. The van der Waals surface area contributed by atoms with Crippen LogP contribution in [0.3, 0.4) is 0 Å². The van der Waals surface area contributed by atoms with Crippen molar-refractivity contribution in [2.75, 3.05) is 7.11 Å². The van der Waals surface area contributed by atoms with Crippen LogP contribution >= 0.6 is 0 Å². The van der Waals surface area contributed by atoms with E-state index in [2.05, 4.69) is 10.5 Å². The van der Waals surface area contributed by atoms with E-state index in [1.165, 1.54) is 0 Å². The van der Waals surface area contributed by atoms with Crippen molar-refractivity contribution in [3.05, 3.63) is 52.4 Å². The number of carbonyl (C=O) groups excluding carboxylic acids is 1. The van der Waals surface area contributed by atoms with E-state index >= 15 is 0 Å². The van der Waals surface area contributed by atoms with Gasteiger partial charge < -0.3 is 14.6 Å². The number of methoxy groups -OCH3 is 1. The quantitative estimate of drug-likeness (QED) is 0.890. The molecule has 2 aromatic rings. The van der Waals surface area contributed by atoms with Crippen LogP contribution in [0.2, 0.25) is 0 Å². The van der Waals surface area contributed by atoms with E-state index in [-0.39, 0.29) is 11.8 Å². The molecule has 1 amide bonds. The summed E-state index contributed by atoms with van der Waals surface area (Å²) < 4.78 is 10.4. The normalized spacial score (nSPS) is 11.0. The molecule has 0 aliphatic heterocycles. The molecule has 0 unspecified atom stereocenters. The summed E-state index contributed by atoms with van der Waals surface area (Å²) in [6, 6.07) is 7.95. The van der Waals surface area contributed by atoms with E-state index < -0.39 is 0 Å². The minimum absolute atomic E-state index is 0.118. The lowest BCUT2D eigenvalue weighted by Gasteiger charge is -2.08. The van der Waals surface area contributed by atoms with Crippen molar-refractivity contribution in [3.8, 4) is 0 Å². The van der Waals surface area contributed by atoms with Gasteiger partial charge in [0.2, 0.25) is 0 Å². The molecule has 1 heterocycles. The maximum atomic E-state index is 12.4. The second-order valence-electron chi connectivity index (χ2n) is 5.60. The molecule has 5 nitrogen and oxygen atoms in total. The Hall–Kier alpha value is -2.14. The highest BCUT2D eigenvalue weighted by atomic mass is 16.5. The summed E-state index contributed by atoms with van der Waals surface area (Å²) >= 11 is 0. The molecule has 0 saturated carbocycles. The largest absolute Gasteiger partial charge is 0.380 e. The van der Waals surface area contributed by atoms with Gasteiger partial charge in [-0.3, -0.25) is 4.79 Å². The molecule has 1 aromatic carbocycles. The van der Waals surface area contributed by atoms with E-state index in [1.807, 2.05) is 38.1 Å². The van der Waals surface area contributed by atoms with E-state index in [1.54, 1.807) is 14.0 Å². The van der Waals surface area contributed by atoms with Gasteiger partial charge in [-0.2, -0.15) is 0 Å². The number of nitrogens with zero attached hydrogens (tertiary/aromatic N) is 1. The van der Waals surface area contributed by atoms with Crippen LogP contribution in [0.15, 0.2) is 28.8 Å². The van der Waals surface area contributed by atoms with Gasteiger partial charge in [-0.15, -0.1) is 0 Å². The summed E-state index contributed by atoms with van der Waals surface area (Å²) in [5.74, 6) is 0.592. The van der Waals surface area contributed by atoms with Gasteiger partial charge in [-0.1, -0.05) is 43.3 Å². The number of nitrogens with one attached hydrogen (secondary N) is 1. The van der Waals surface area contributed by atoms with Crippen LogP contribution in [0.4, 0.5) is 0 Å². The maximum Gasteiger partial charge on any atom is 0.257 e. The van der Waals surface area contributed by atoms with Crippen molar-refractivity contribution in [3.63, 3.8) is 0 Å². The number of rotatable bonds is 6. The molecule has 0 saturated heterocycles. The van der Waals surface area contributed by atoms with E-state index in [9.17, 15) is 4.79 Å². The molecule has 0 bridgehead atoms. The van der Waals surface area contributed by atoms with Gasteiger partial charge in [0.25, 0.3) is 5.91 Å². The average Bonchev–Trinajstić information content (AvgIpc) is 2.88. The van der Waals surface area contributed by atoms with Gasteiger partial charge in [-0.05, 0) is 18.1 Å². The van der Waals surface area contributed by atoms with Crippen LogP contribution in [-0.4, -0.2) is 18.2 Å². The van der Waals surface area contributed by atoms with Crippen LogP contribution in [0, 0.1) is 6.92 Å². The Morgan fingerprint density at radius 2 is 2.09 bits per heavy atom. The number of ether oxygens (including phenoxy) is 1. The lowest BCUT2D eigenvalue weighted by molar-refractivity contribution is 0.0948. The molecule has 1 N–H and O–H groups in total. The third-order valence-electron chi connectivity index (χ3n) is 3.40. The van der Waals surface area contributed by atoms with Crippen molar-refractivity contribution in [2.45, 2.75) is 39.8 Å². The van der Waals surface area contributed by atoms with Gasteiger partial charge in [-0.25, -0.2) is 0 Å². The summed E-state index contributed by atoms with van der Waals surface area (Å²) in [6.45, 7) is 6.75. The first-order valence-electron chi connectivity index (χ1n) is 7.34. The maximum absolute atomic E-state index is 12.4. The van der Waals surface area contributed by atoms with Gasteiger partial charge in [0, 0.05) is 19.6 Å². The molecule has 2 rings (SSSR count). The summed E-state index contributed by atoms with van der Waals surface area (Å²) in [7, 11) is 1.66. The zero-order chi connectivity index (χ0) is 16.1. The Bertz CT molecular complexity index is 647. The predicted molar refractivity (Wildman–Crippen MR) is 83.7 cm³/mol. The number of aromatic nitrogens is 1. The zero-order valence-electron chi connectivity index (χ0n) is 13.5. The third kappa shape index (κ3) is 3.74. The average molecular weight is 302 g/mol. The van der Waals surface area contributed by atoms with Crippen molar-refractivity contribution in [1.29, 1.82) is 0 Å². The minimum atomic E-state index is -0.153. The lowest BCUT2D eigenvalue weighted by atomic mass is 10.0. The third-order valence-corrected chi connectivity index (χ3v) is 3.40. The highest BCUT2D eigenvalue weighted by Gasteiger charge is 2.22. The van der Waals surface area contributed by atoms with Crippen LogP contribution in [0.25, 0.3) is 0 Å². The van der Waals surface area contributed by atoms with Crippen molar-refractivity contribution < 1.29 is 14.1 Å². The van der Waals surface area contributed by atoms with E-state index in [4.69, 9.17) is 9.26 Å². The summed E-state index contributed by atoms with van der Waals surface area (Å²) in [4.78, 5) is 12.4. The Labute approximate surface area is 130 Å². The van der Waals surface area contributed by atoms with Gasteiger partial charge in [0.05, 0.1) is 12.3 Å². The van der Waals surface area contributed by atoms with E-state index in [0.29, 0.717) is 30.2 Å². The molecule has 22 heavy (non-hydrogen) atoms. The highest BCUT2D eigenvalue weighted by Crippen LogP contribution is 2.22. The second kappa shape index (κ2) is 7.22. The van der Waals surface area contributed by atoms with E-state index in [0.717, 1.165) is 11.1 Å². The lowest BCUT2D eigenvalue weighted by Crippen LogP contribution is -2.24. The van der Waals surface area contributed by atoms with Gasteiger partial charge in [0.1, 0.15) is 5.56 Å². The first-order valence-corrected chi connectivity index (χ1v) is 7.34. The number of carbonyl (C=O) groups is 1. The monoisotopic (exact) mass is 302 g/mol. The standard InChI is InChI=1S/C17H22N2O3/c1-11(2)16-15(12(3)19-22-16)17(20)18-9-13-6-5-7-14(8-13)10-21-4/h5-8,11H,9-10H2,1-4H3,(H,18,20). The molecule has 0 atom stereocenters. The second-order valence-corrected chi connectivity index (χ2v) is 5.60. The Morgan fingerprint density at radius 3 is 2.77 bits per heavy atom. The minimum Gasteiger partial charge on any atom is -0.380 e. The number of aryl methyl sites for hydroxylation is 1. The topological polar surface area (TPSA) is 64.4 Å². The predicted octanol–water partition coefficient (Wildman–Crippen LogP) is 3.18. The summed E-state index contributed by atoms with van der Waals surface area (Å²) in [5, 5.41) is 6.83. The number of benzene rings is 1. The smallest absolute Gasteiger partial charge is 0.257 e. The van der Waals surface area contributed by atoms with Crippen molar-refractivity contribution in [1.82, 2.24) is 10.5 Å². The molecule has 1 aromatic heterocycles. The zero-order valence-corrected chi connectivity index (χ0v) is 13.5. The molecule has 118 valence electrons. The molecule has 5 heteroatoms. The van der Waals surface area contributed by atoms with Crippen molar-refractivity contribution in [2.24, 2.45) is 0 Å². The fourth-order valence-electron chi connectivity index (χ4n) is 2.32. The van der Waals surface area contributed by atoms with Crippen LogP contribution in [-0.2, 0) is 17.9 Å². The van der Waals surface area contributed by atoms with Crippen molar-refractivity contribution >= 4 is 5.91 Å². The Kier molecular flexibility index (Phi) is 5.33. The molecular weight excluding hydrogens is 280 g/mol. The van der Waals surface area contributed by atoms with Gasteiger partial charge in [0.15, 0.2) is 5.76 Å². The fourth-order valence-corrected chi connectivity index (χ4v) is 2.32.